The normalized spacial score (nSPS) is 25.0. The maximum Gasteiger partial charge on any atom is 0.261 e. The molecule has 8 heteroatoms. The van der Waals surface area contributed by atoms with E-state index in [1.807, 2.05) is 48.5 Å². The van der Waals surface area contributed by atoms with Crippen molar-refractivity contribution in [3.8, 4) is 0 Å². The van der Waals surface area contributed by atoms with Crippen molar-refractivity contribution in [1.29, 1.82) is 0 Å². The van der Waals surface area contributed by atoms with E-state index in [-0.39, 0.29) is 49.8 Å². The molecule has 4 unspecified atom stereocenters. The average Bonchev–Trinajstić information content (AvgIpc) is 3.55. The smallest absolute Gasteiger partial charge is 0.261 e. The topological polar surface area (TPSA) is 99.5 Å². The number of rotatable bonds is 8. The molecule has 3 heterocycles. The molecule has 0 radical (unpaired) electrons. The van der Waals surface area contributed by atoms with Crippen molar-refractivity contribution in [3.05, 3.63) is 106 Å². The second-order valence-electron chi connectivity index (χ2n) is 10.8. The Hall–Kier alpha value is -3.40. The highest BCUT2D eigenvalue weighted by atomic mass is 16.7. The number of fused-ring (bicyclic) bond motifs is 1. The zero-order chi connectivity index (χ0) is 27.6. The highest BCUT2D eigenvalue weighted by molar-refractivity contribution is 6.21. The second kappa shape index (κ2) is 11.6. The molecule has 3 aromatic carbocycles. The number of likely N-dealkylation sites (tertiary alicyclic amines) is 1. The van der Waals surface area contributed by atoms with Crippen molar-refractivity contribution in [2.45, 2.75) is 57.0 Å². The Bertz CT molecular complexity index is 1320. The predicted octanol–water partition coefficient (Wildman–Crippen LogP) is 3.98. The summed E-state index contributed by atoms with van der Waals surface area (Å²) in [6.45, 7) is 1.99. The summed E-state index contributed by atoms with van der Waals surface area (Å²) in [7, 11) is 0. The number of carbonyl (C=O) groups is 2. The number of hydrogen-bond donors (Lipinski definition) is 2. The van der Waals surface area contributed by atoms with Gasteiger partial charge in [0.2, 0.25) is 0 Å². The predicted molar refractivity (Wildman–Crippen MR) is 147 cm³/mol. The minimum Gasteiger partial charge on any atom is -0.395 e. The molecule has 208 valence electrons. The van der Waals surface area contributed by atoms with E-state index >= 15 is 0 Å². The van der Waals surface area contributed by atoms with Crippen LogP contribution in [0.15, 0.2) is 72.8 Å². The molecule has 3 aliphatic heterocycles. The Kier molecular flexibility index (Phi) is 7.78. The van der Waals surface area contributed by atoms with E-state index in [2.05, 4.69) is 4.90 Å². The van der Waals surface area contributed by atoms with Crippen molar-refractivity contribution in [2.24, 2.45) is 0 Å². The number of ether oxygens (including phenoxy) is 2. The number of aliphatic hydroxyl groups is 2. The summed E-state index contributed by atoms with van der Waals surface area (Å²) in [5, 5.41) is 19.3. The van der Waals surface area contributed by atoms with E-state index in [1.165, 1.54) is 4.90 Å². The molecule has 0 aromatic heterocycles. The zero-order valence-electron chi connectivity index (χ0n) is 22.3. The van der Waals surface area contributed by atoms with Crippen LogP contribution in [0.25, 0.3) is 0 Å². The molecule has 2 fully saturated rings. The number of carbonyl (C=O) groups excluding carboxylic acids is 2. The quantitative estimate of drug-likeness (QED) is 0.416. The standard InChI is InChI=1S/C32H34N2O6/c35-19-22-9-11-23(12-10-22)29-16-26(18-33-15-3-4-25(33)20-36)39-32(40-29)24-13-7-21(8-14-24)17-34-30(37)27-5-1-2-6-28(27)31(34)38/h1-2,5-14,25-26,29,32,35-36H,3-4,15-20H2. The lowest BCUT2D eigenvalue weighted by molar-refractivity contribution is -0.253. The molecule has 2 saturated heterocycles. The Balaban J connectivity index is 1.19. The van der Waals surface area contributed by atoms with E-state index in [9.17, 15) is 19.8 Å². The van der Waals surface area contributed by atoms with Gasteiger partial charge in [-0.2, -0.15) is 0 Å². The molecule has 3 aromatic rings. The molecular formula is C32H34N2O6. The third kappa shape index (κ3) is 5.33. The molecule has 0 saturated carbocycles. The van der Waals surface area contributed by atoms with Crippen molar-refractivity contribution in [3.63, 3.8) is 0 Å². The van der Waals surface area contributed by atoms with Crippen LogP contribution < -0.4 is 0 Å². The fraction of sp³-hybridized carbons (Fsp3) is 0.375. The van der Waals surface area contributed by atoms with Crippen LogP contribution in [0, 0.1) is 0 Å². The third-order valence-corrected chi connectivity index (χ3v) is 8.23. The number of nitrogens with zero attached hydrogens (tertiary/aromatic N) is 2. The van der Waals surface area contributed by atoms with E-state index in [1.54, 1.807) is 24.3 Å². The monoisotopic (exact) mass is 542 g/mol. The Morgan fingerprint density at radius 2 is 1.45 bits per heavy atom. The minimum absolute atomic E-state index is 0.00919. The van der Waals surface area contributed by atoms with E-state index in [0.29, 0.717) is 24.1 Å². The van der Waals surface area contributed by atoms with Gasteiger partial charge < -0.3 is 19.7 Å². The summed E-state index contributed by atoms with van der Waals surface area (Å²) < 4.78 is 12.9. The summed E-state index contributed by atoms with van der Waals surface area (Å²) in [4.78, 5) is 29.2. The number of amides is 2. The minimum atomic E-state index is -0.593. The molecule has 2 N–H and O–H groups in total. The first-order valence-corrected chi connectivity index (χ1v) is 13.9. The van der Waals surface area contributed by atoms with E-state index < -0.39 is 6.29 Å². The Morgan fingerprint density at radius 1 is 0.800 bits per heavy atom. The highest BCUT2D eigenvalue weighted by Gasteiger charge is 2.37. The van der Waals surface area contributed by atoms with Gasteiger partial charge in [-0.05, 0) is 48.2 Å². The molecule has 40 heavy (non-hydrogen) atoms. The van der Waals surface area contributed by atoms with Gasteiger partial charge in [0.25, 0.3) is 11.8 Å². The van der Waals surface area contributed by atoms with Crippen molar-refractivity contribution < 1.29 is 29.3 Å². The summed E-state index contributed by atoms with van der Waals surface area (Å²) in [6.07, 6.45) is 1.87. The lowest BCUT2D eigenvalue weighted by atomic mass is 9.99. The molecule has 3 aliphatic rings. The number of benzene rings is 3. The maximum absolute atomic E-state index is 12.8. The Labute approximate surface area is 233 Å². The van der Waals surface area contributed by atoms with Gasteiger partial charge in [0, 0.05) is 24.6 Å². The van der Waals surface area contributed by atoms with Crippen LogP contribution in [0.3, 0.4) is 0 Å². The number of imide groups is 1. The lowest BCUT2D eigenvalue weighted by Crippen LogP contribution is -2.42. The van der Waals surface area contributed by atoms with Crippen LogP contribution in [-0.4, -0.2) is 63.7 Å². The van der Waals surface area contributed by atoms with Crippen molar-refractivity contribution >= 4 is 11.8 Å². The molecule has 0 bridgehead atoms. The second-order valence-corrected chi connectivity index (χ2v) is 10.8. The van der Waals surface area contributed by atoms with Crippen LogP contribution in [0.2, 0.25) is 0 Å². The van der Waals surface area contributed by atoms with Gasteiger partial charge in [-0.25, -0.2) is 0 Å². The van der Waals surface area contributed by atoms with Gasteiger partial charge in [-0.1, -0.05) is 60.7 Å². The zero-order valence-corrected chi connectivity index (χ0v) is 22.3. The van der Waals surface area contributed by atoms with Crippen molar-refractivity contribution in [1.82, 2.24) is 9.80 Å². The fourth-order valence-electron chi connectivity index (χ4n) is 5.98. The van der Waals surface area contributed by atoms with E-state index in [4.69, 9.17) is 9.47 Å². The molecule has 0 aliphatic carbocycles. The molecule has 4 atom stereocenters. The van der Waals surface area contributed by atoms with Crippen LogP contribution in [0.4, 0.5) is 0 Å². The third-order valence-electron chi connectivity index (χ3n) is 8.23. The van der Waals surface area contributed by atoms with Crippen LogP contribution in [0.1, 0.15) is 74.6 Å². The molecular weight excluding hydrogens is 508 g/mol. The first-order valence-electron chi connectivity index (χ1n) is 13.9. The molecule has 0 spiro atoms. The number of aliphatic hydroxyl groups excluding tert-OH is 2. The lowest BCUT2D eigenvalue weighted by Gasteiger charge is -2.38. The maximum atomic E-state index is 12.8. The van der Waals surface area contributed by atoms with Gasteiger partial charge in [-0.3, -0.25) is 19.4 Å². The molecule has 6 rings (SSSR count). The molecule has 2 amide bonds. The SMILES string of the molecule is O=C1c2ccccc2C(=O)N1Cc1ccc(C2OC(CN3CCCC3CO)CC(c3ccc(CO)cc3)O2)cc1. The van der Waals surface area contributed by atoms with Gasteiger partial charge >= 0.3 is 0 Å². The van der Waals surface area contributed by atoms with Gasteiger partial charge in [0.1, 0.15) is 0 Å². The van der Waals surface area contributed by atoms with Crippen LogP contribution in [0.5, 0.6) is 0 Å². The average molecular weight is 543 g/mol. The molecule has 8 nitrogen and oxygen atoms in total. The summed E-state index contributed by atoms with van der Waals surface area (Å²) in [6, 6.07) is 22.5. The summed E-state index contributed by atoms with van der Waals surface area (Å²) in [5.74, 6) is -0.547. The number of hydrogen-bond acceptors (Lipinski definition) is 7. The van der Waals surface area contributed by atoms with E-state index in [0.717, 1.165) is 41.6 Å². The van der Waals surface area contributed by atoms with Gasteiger partial charge in [0.05, 0.1) is 43.1 Å². The van der Waals surface area contributed by atoms with Gasteiger partial charge in [-0.15, -0.1) is 0 Å². The van der Waals surface area contributed by atoms with Crippen molar-refractivity contribution in [2.75, 3.05) is 19.7 Å². The van der Waals surface area contributed by atoms with Gasteiger partial charge in [0.15, 0.2) is 6.29 Å². The first kappa shape index (κ1) is 26.8. The highest BCUT2D eigenvalue weighted by Crippen LogP contribution is 2.39. The summed E-state index contributed by atoms with van der Waals surface area (Å²) >= 11 is 0. The summed E-state index contributed by atoms with van der Waals surface area (Å²) in [5.41, 5.74) is 4.45. The Morgan fingerprint density at radius 3 is 2.10 bits per heavy atom. The van der Waals surface area contributed by atoms with Crippen LogP contribution in [-0.2, 0) is 22.6 Å². The first-order chi connectivity index (χ1) is 19.5. The largest absolute Gasteiger partial charge is 0.395 e. The fourth-order valence-corrected chi connectivity index (χ4v) is 5.98. The van der Waals surface area contributed by atoms with Crippen LogP contribution >= 0.6 is 0 Å².